The van der Waals surface area contributed by atoms with Gasteiger partial charge < -0.3 is 10.1 Å². The molecule has 1 rings (SSSR count). The monoisotopic (exact) mass is 114 g/mol. The van der Waals surface area contributed by atoms with Crippen molar-refractivity contribution in [1.29, 1.82) is 0 Å². The molecule has 8 heavy (non-hydrogen) atoms. The topological polar surface area (TPSA) is 33.6 Å². The van der Waals surface area contributed by atoms with Crippen LogP contribution in [0.3, 0.4) is 0 Å². The first-order valence-corrected chi connectivity index (χ1v) is 2.69. The zero-order valence-electron chi connectivity index (χ0n) is 5.14. The average Bonchev–Trinajstić information content (AvgIpc) is 2.14. The molecule has 0 unspecified atom stereocenters. The van der Waals surface area contributed by atoms with Crippen LogP contribution in [0.5, 0.6) is 0 Å². The highest BCUT2D eigenvalue weighted by molar-refractivity contribution is 5.75. The van der Waals surface area contributed by atoms with E-state index in [1.165, 1.54) is 0 Å². The van der Waals surface area contributed by atoms with E-state index in [4.69, 9.17) is 4.74 Å². The smallest absolute Gasteiger partial charge is 0.284 e. The number of aliphatic imine (C=N–C) groups is 1. The first-order chi connectivity index (χ1) is 3.83. The summed E-state index contributed by atoms with van der Waals surface area (Å²) in [6, 6.07) is 1.09. The van der Waals surface area contributed by atoms with Gasteiger partial charge in [-0.25, -0.2) is 4.99 Å². The highest BCUT2D eigenvalue weighted by Gasteiger charge is 2.13. The largest absolute Gasteiger partial charge is 0.463 e. The predicted octanol–water partition coefficient (Wildman–Crippen LogP) is -0.0195. The third-order valence-corrected chi connectivity index (χ3v) is 1.04. The second kappa shape index (κ2) is 2.03. The zero-order valence-corrected chi connectivity index (χ0v) is 5.14. The van der Waals surface area contributed by atoms with Crippen LogP contribution < -0.4 is 5.32 Å². The van der Waals surface area contributed by atoms with Crippen molar-refractivity contribution in [2.24, 2.45) is 4.99 Å². The first-order valence-electron chi connectivity index (χ1n) is 2.69. The van der Waals surface area contributed by atoms with E-state index in [9.17, 15) is 0 Å². The summed E-state index contributed by atoms with van der Waals surface area (Å²) in [6.45, 7) is 2.80. The first kappa shape index (κ1) is 5.41. The minimum Gasteiger partial charge on any atom is -0.463 e. The van der Waals surface area contributed by atoms with Gasteiger partial charge in [0.25, 0.3) is 6.02 Å². The molecule has 0 spiro atoms. The van der Waals surface area contributed by atoms with Crippen LogP contribution >= 0.6 is 0 Å². The number of ether oxygens (including phenoxy) is 1. The Morgan fingerprint density at radius 1 is 1.88 bits per heavy atom. The van der Waals surface area contributed by atoms with Crippen molar-refractivity contribution in [3.8, 4) is 0 Å². The molecule has 1 atom stereocenters. The van der Waals surface area contributed by atoms with Gasteiger partial charge in [-0.05, 0) is 6.92 Å². The van der Waals surface area contributed by atoms with Crippen LogP contribution in [0.2, 0.25) is 0 Å². The molecule has 0 aromatic rings. The molecule has 1 heterocycles. The lowest BCUT2D eigenvalue weighted by molar-refractivity contribution is 0.331. The van der Waals surface area contributed by atoms with Crippen molar-refractivity contribution in [2.75, 3.05) is 13.7 Å². The number of nitrogens with zero attached hydrogens (tertiary/aromatic N) is 1. The molecular formula is C5H10N2O. The Labute approximate surface area is 48.8 Å². The van der Waals surface area contributed by atoms with E-state index < -0.39 is 0 Å². The van der Waals surface area contributed by atoms with Gasteiger partial charge in [-0.1, -0.05) is 0 Å². The number of amidine groups is 1. The molecule has 0 aromatic carbocycles. The zero-order chi connectivity index (χ0) is 5.98. The minimum absolute atomic E-state index is 0.425. The van der Waals surface area contributed by atoms with Crippen molar-refractivity contribution >= 4 is 6.02 Å². The molecule has 1 aliphatic rings. The molecule has 3 heteroatoms. The SMILES string of the molecule is CN=C1N[C@H](C)CO1. The third kappa shape index (κ3) is 0.911. The molecular weight excluding hydrogens is 104 g/mol. The minimum atomic E-state index is 0.425. The predicted molar refractivity (Wildman–Crippen MR) is 31.9 cm³/mol. The van der Waals surface area contributed by atoms with Crippen LogP contribution in [0, 0.1) is 0 Å². The Hall–Kier alpha value is -0.730. The Balaban J connectivity index is 2.44. The van der Waals surface area contributed by atoms with E-state index in [2.05, 4.69) is 17.2 Å². The van der Waals surface area contributed by atoms with Gasteiger partial charge in [-0.15, -0.1) is 0 Å². The van der Waals surface area contributed by atoms with Gasteiger partial charge in [0, 0.05) is 7.05 Å². The number of hydrogen-bond acceptors (Lipinski definition) is 2. The van der Waals surface area contributed by atoms with Crippen LogP contribution in [0.4, 0.5) is 0 Å². The van der Waals surface area contributed by atoms with Crippen molar-refractivity contribution in [3.05, 3.63) is 0 Å². The summed E-state index contributed by atoms with van der Waals surface area (Å²) >= 11 is 0. The Bertz CT molecular complexity index is 111. The van der Waals surface area contributed by atoms with Crippen LogP contribution in [-0.4, -0.2) is 25.7 Å². The third-order valence-electron chi connectivity index (χ3n) is 1.04. The van der Waals surface area contributed by atoms with E-state index in [1.54, 1.807) is 7.05 Å². The van der Waals surface area contributed by atoms with E-state index in [1.807, 2.05) is 0 Å². The van der Waals surface area contributed by atoms with Gasteiger partial charge in [0.05, 0.1) is 6.04 Å². The highest BCUT2D eigenvalue weighted by atomic mass is 16.5. The summed E-state index contributed by atoms with van der Waals surface area (Å²) in [5, 5.41) is 3.03. The molecule has 0 bridgehead atoms. The lowest BCUT2D eigenvalue weighted by atomic mass is 10.4. The molecule has 0 radical (unpaired) electrons. The normalized spacial score (nSPS) is 32.2. The summed E-state index contributed by atoms with van der Waals surface area (Å²) in [5.74, 6) is 0. The highest BCUT2D eigenvalue weighted by Crippen LogP contribution is 1.94. The standard InChI is InChI=1S/C5H10N2O/c1-4-3-8-5(6-2)7-4/h4H,3H2,1-2H3,(H,6,7)/t4-/m1/s1. The second-order valence-corrected chi connectivity index (χ2v) is 1.89. The fourth-order valence-corrected chi connectivity index (χ4v) is 0.627. The molecule has 0 amide bonds. The Morgan fingerprint density at radius 3 is 2.88 bits per heavy atom. The van der Waals surface area contributed by atoms with Crippen LogP contribution in [0.1, 0.15) is 6.92 Å². The molecule has 46 valence electrons. The van der Waals surface area contributed by atoms with Gasteiger partial charge >= 0.3 is 0 Å². The summed E-state index contributed by atoms with van der Waals surface area (Å²) in [6.07, 6.45) is 0. The van der Waals surface area contributed by atoms with Gasteiger partial charge in [-0.3, -0.25) is 0 Å². The van der Waals surface area contributed by atoms with E-state index in [0.29, 0.717) is 12.1 Å². The van der Waals surface area contributed by atoms with Crippen LogP contribution in [0.25, 0.3) is 0 Å². The van der Waals surface area contributed by atoms with E-state index in [-0.39, 0.29) is 0 Å². The number of nitrogens with one attached hydrogen (secondary N) is 1. The molecule has 0 aliphatic carbocycles. The molecule has 1 fully saturated rings. The quantitative estimate of drug-likeness (QED) is 0.480. The van der Waals surface area contributed by atoms with Crippen LogP contribution in [0.15, 0.2) is 4.99 Å². The van der Waals surface area contributed by atoms with E-state index >= 15 is 0 Å². The van der Waals surface area contributed by atoms with Gasteiger partial charge in [0.1, 0.15) is 6.61 Å². The molecule has 1 aliphatic heterocycles. The lowest BCUT2D eigenvalue weighted by Gasteiger charge is -1.93. The molecule has 1 N–H and O–H groups in total. The van der Waals surface area contributed by atoms with Crippen molar-refractivity contribution in [3.63, 3.8) is 0 Å². The van der Waals surface area contributed by atoms with Gasteiger partial charge in [0.2, 0.25) is 0 Å². The summed E-state index contributed by atoms with van der Waals surface area (Å²) in [5.41, 5.74) is 0. The summed E-state index contributed by atoms with van der Waals surface area (Å²) < 4.78 is 5.05. The summed E-state index contributed by atoms with van der Waals surface area (Å²) in [7, 11) is 1.71. The van der Waals surface area contributed by atoms with Crippen molar-refractivity contribution in [2.45, 2.75) is 13.0 Å². The van der Waals surface area contributed by atoms with E-state index in [0.717, 1.165) is 6.61 Å². The Morgan fingerprint density at radius 2 is 2.62 bits per heavy atom. The Kier molecular flexibility index (Phi) is 1.37. The number of rotatable bonds is 0. The maximum absolute atomic E-state index is 5.05. The van der Waals surface area contributed by atoms with Gasteiger partial charge in [0.15, 0.2) is 0 Å². The lowest BCUT2D eigenvalue weighted by Crippen LogP contribution is -2.23. The molecule has 0 aromatic heterocycles. The maximum Gasteiger partial charge on any atom is 0.284 e. The van der Waals surface area contributed by atoms with Crippen LogP contribution in [-0.2, 0) is 4.74 Å². The fourth-order valence-electron chi connectivity index (χ4n) is 0.627. The molecule has 3 nitrogen and oxygen atoms in total. The second-order valence-electron chi connectivity index (χ2n) is 1.89. The maximum atomic E-state index is 5.05. The fraction of sp³-hybridized carbons (Fsp3) is 0.800. The molecule has 1 saturated heterocycles. The number of hydrogen-bond donors (Lipinski definition) is 1. The van der Waals surface area contributed by atoms with Crippen molar-refractivity contribution < 1.29 is 4.74 Å². The molecule has 0 saturated carbocycles. The van der Waals surface area contributed by atoms with Crippen molar-refractivity contribution in [1.82, 2.24) is 5.32 Å². The average molecular weight is 114 g/mol. The van der Waals surface area contributed by atoms with Gasteiger partial charge in [-0.2, -0.15) is 0 Å². The summed E-state index contributed by atoms with van der Waals surface area (Å²) in [4.78, 5) is 3.82.